The molecule has 0 aliphatic carbocycles. The molecular formula is C80H108BrCl2F19N16O18. The van der Waals surface area contributed by atoms with Crippen LogP contribution >= 0.6 is 39.1 Å². The van der Waals surface area contributed by atoms with Gasteiger partial charge in [-0.05, 0) is 136 Å². The topological polar surface area (TPSA) is 437 Å². The van der Waals surface area contributed by atoms with E-state index in [-0.39, 0.29) is 81.9 Å². The number of nitro benzene ring substituents is 3. The molecule has 4 aliphatic heterocycles. The molecule has 136 heavy (non-hydrogen) atoms. The minimum Gasteiger partial charge on any atom is -0.493 e. The van der Waals surface area contributed by atoms with E-state index in [9.17, 15) is 114 Å². The molecule has 1 aromatic heterocycles. The standard InChI is InChI=1S/C17H23F3N4O2.C16H22F3N3O4.C16H24F3N3O2.C12H14ClF3N2O4.C10H11ClFNO4.C4H9N.C2H4F3N.C2HF3O2.CBrN/c1-25-14-10-13-12(22-16(21)24(13)11-17(18,19)20)9-15(14)26-8-4-7-23-5-2-3-6-23;1-25-14-9-12(20-11-16(17,18)19)13(22(23)24)10-15(14)26-8-4-7-21-5-2-3-6-21;1-23-14-10-13(21-11-16(17,18)19)12(20)9-15(14)24-8-4-7-22-5-2-3-6-22;1-21-10-5-8(17-7-12(14,15)16)9(18(19)20)6-11(10)22-4-2-3-13;1-16-9-5-7(12)8(13(14)15)6-10(9)17-4-2-3-11;1-2-4-5-3-1;3-2(4,5)1-6;3-2(4,5)1(6)7;2-1-3/h9-10H,2-8,11H2,1H3,(H2,21,22);9-10,20H,2-8,11H2,1H3;9-10,21H,2-8,11,20H2,1H3;5-6,17H,2-4,7H2,1H3;5-6H,2-4H2,1H3;5H,1-4H2;1,6H2;(H,6,7);. The summed E-state index contributed by atoms with van der Waals surface area (Å²) in [6.07, 6.45) is -13.3. The summed E-state index contributed by atoms with van der Waals surface area (Å²) in [4.78, 5) is 51.9. The van der Waals surface area contributed by atoms with E-state index in [0.29, 0.717) is 72.9 Å². The van der Waals surface area contributed by atoms with Gasteiger partial charge in [0.15, 0.2) is 57.5 Å². The first-order chi connectivity index (χ1) is 63.8. The maximum absolute atomic E-state index is 13.3. The molecule has 11 N–H and O–H groups in total. The first kappa shape index (κ1) is 121. The van der Waals surface area contributed by atoms with Gasteiger partial charge in [0.25, 0.3) is 11.4 Å². The molecule has 34 nitrogen and oxygen atoms in total. The molecule has 0 radical (unpaired) electrons. The molecule has 56 heteroatoms. The highest BCUT2D eigenvalue weighted by atomic mass is 79.9. The summed E-state index contributed by atoms with van der Waals surface area (Å²) < 4.78 is 280. The summed E-state index contributed by atoms with van der Waals surface area (Å²) >= 11 is 13.4. The summed E-state index contributed by atoms with van der Waals surface area (Å²) in [6.45, 7) is 7.42. The Kier molecular flexibility index (Phi) is 55.5. The minimum absolute atomic E-state index is 0.0666. The number of hydrogen-bond donors (Lipinski definition) is 8. The van der Waals surface area contributed by atoms with Crippen molar-refractivity contribution in [2.75, 3.05) is 206 Å². The molecule has 5 heterocycles. The average Bonchev–Trinajstić information content (AvgIpc) is 1.63. The zero-order chi connectivity index (χ0) is 103. The van der Waals surface area contributed by atoms with Crippen molar-refractivity contribution < 1.29 is 155 Å². The number of alkyl halides is 20. The van der Waals surface area contributed by atoms with E-state index in [1.54, 1.807) is 11.0 Å². The number of nitro groups is 3. The van der Waals surface area contributed by atoms with Gasteiger partial charge in [-0.3, -0.25) is 30.3 Å². The predicted molar refractivity (Wildman–Crippen MR) is 471 cm³/mol. The van der Waals surface area contributed by atoms with Crippen molar-refractivity contribution >= 4 is 102 Å². The van der Waals surface area contributed by atoms with Crippen molar-refractivity contribution in [2.45, 2.75) is 127 Å². The van der Waals surface area contributed by atoms with Crippen LogP contribution in [0.3, 0.4) is 0 Å². The smallest absolute Gasteiger partial charge is 0.490 e. The highest BCUT2D eigenvalue weighted by Crippen LogP contribution is 2.43. The van der Waals surface area contributed by atoms with E-state index < -0.39 is 113 Å². The lowest BCUT2D eigenvalue weighted by Crippen LogP contribution is -2.22. The summed E-state index contributed by atoms with van der Waals surface area (Å²) in [5.41, 5.74) is 14.4. The Morgan fingerprint density at radius 1 is 0.478 bits per heavy atom. The molecule has 4 aliphatic rings. The van der Waals surface area contributed by atoms with Crippen molar-refractivity contribution in [1.29, 1.82) is 5.26 Å². The Morgan fingerprint density at radius 3 is 1.06 bits per heavy atom. The number of benzene rings is 5. The lowest BCUT2D eigenvalue weighted by molar-refractivity contribution is -0.387. The second kappa shape index (κ2) is 62.2. The minimum atomic E-state index is -5.08. The largest absolute Gasteiger partial charge is 0.493 e. The molecule has 0 amide bonds. The zero-order valence-electron chi connectivity index (χ0n) is 74.2. The third-order valence-electron chi connectivity index (χ3n) is 18.3. The molecule has 6 aromatic rings. The molecule has 10 rings (SSSR count). The van der Waals surface area contributed by atoms with E-state index in [1.807, 2.05) is 10.6 Å². The quantitative estimate of drug-likeness (QED) is 0.00446. The van der Waals surface area contributed by atoms with Crippen LogP contribution in [-0.4, -0.2) is 266 Å². The van der Waals surface area contributed by atoms with E-state index >= 15 is 0 Å². The van der Waals surface area contributed by atoms with Crippen molar-refractivity contribution in [3.8, 4) is 62.5 Å². The Labute approximate surface area is 786 Å². The van der Waals surface area contributed by atoms with Crippen molar-refractivity contribution in [3.63, 3.8) is 0 Å². The number of methoxy groups -OCH3 is 5. The van der Waals surface area contributed by atoms with Gasteiger partial charge < -0.3 is 110 Å². The number of anilines is 5. The fourth-order valence-corrected chi connectivity index (χ4v) is 12.3. The summed E-state index contributed by atoms with van der Waals surface area (Å²) in [7, 11) is 6.83. The third-order valence-corrected chi connectivity index (χ3v) is 18.8. The van der Waals surface area contributed by atoms with Crippen molar-refractivity contribution in [1.82, 2.24) is 29.6 Å². The highest BCUT2D eigenvalue weighted by Gasteiger charge is 2.39. The SMILES string of the molecule is C1CCNC1.COc1cc(F)c([N+](=O)[O-])cc1OCCCCl.COc1cc(NCC(F)(F)F)c(N)cc1OCCCN1CCCC1.COc1cc(NCC(F)(F)F)c([N+](=O)[O-])cc1OCCCCl.COc1cc(NCC(F)(F)F)c([N+](=O)[O-])cc1OCCCN1CCCC1.COc1cc2c(cc1OCCCN1CCCC1)nc(N)n2CC(F)(F)F.N#CBr.NCC(F)(F)F.O=C(O)C(F)(F)F. The van der Waals surface area contributed by atoms with Crippen LogP contribution in [0.4, 0.5) is 129 Å². The number of nitrogen functional groups attached to an aromatic ring is 2. The monoisotopic (exact) mass is 2090 g/mol. The number of likely N-dealkylation sites (tertiary alicyclic amines) is 3. The summed E-state index contributed by atoms with van der Waals surface area (Å²) in [6, 6.07) is 12.3. The van der Waals surface area contributed by atoms with Gasteiger partial charge >= 0.3 is 48.7 Å². The molecular weight excluding hydrogens is 1980 g/mol. The Balaban J connectivity index is 0.000000547. The lowest BCUT2D eigenvalue weighted by Gasteiger charge is -2.17. The van der Waals surface area contributed by atoms with Crippen molar-refractivity contribution in [3.05, 3.63) is 96.8 Å². The molecule has 0 unspecified atom stereocenters. The van der Waals surface area contributed by atoms with Crippen LogP contribution in [0.15, 0.2) is 60.7 Å². The molecule has 4 saturated heterocycles. The van der Waals surface area contributed by atoms with Gasteiger partial charge in [-0.2, -0.15) is 88.7 Å². The predicted octanol–water partition coefficient (Wildman–Crippen LogP) is 18.3. The number of ether oxygens (including phenoxy) is 10. The molecule has 0 spiro atoms. The number of halogens is 22. The van der Waals surface area contributed by atoms with Crippen LogP contribution < -0.4 is 85.8 Å². The van der Waals surface area contributed by atoms with E-state index in [0.717, 1.165) is 119 Å². The molecule has 0 saturated carbocycles. The number of imidazole rings is 1. The fourth-order valence-electron chi connectivity index (χ4n) is 12.0. The number of nitriles is 1. The zero-order valence-corrected chi connectivity index (χ0v) is 77.3. The number of hydrogen-bond acceptors (Lipinski definition) is 29. The van der Waals surface area contributed by atoms with Crippen LogP contribution in [-0.2, 0) is 11.3 Å². The molecule has 4 fully saturated rings. The van der Waals surface area contributed by atoms with Gasteiger partial charge in [-0.1, -0.05) is 0 Å². The van der Waals surface area contributed by atoms with Gasteiger partial charge in [-0.25, -0.2) is 9.78 Å². The van der Waals surface area contributed by atoms with Gasteiger partial charge in [0.05, 0.1) is 131 Å². The van der Waals surface area contributed by atoms with Crippen LogP contribution in [0.2, 0.25) is 0 Å². The van der Waals surface area contributed by atoms with Crippen LogP contribution in [0.5, 0.6) is 57.5 Å². The molecule has 5 aromatic carbocycles. The van der Waals surface area contributed by atoms with E-state index in [2.05, 4.69) is 52.0 Å². The van der Waals surface area contributed by atoms with Crippen LogP contribution in [0.25, 0.3) is 11.0 Å². The number of carboxylic acids is 1. The van der Waals surface area contributed by atoms with Crippen LogP contribution in [0.1, 0.15) is 83.5 Å². The lowest BCUT2D eigenvalue weighted by atomic mass is 10.2. The van der Waals surface area contributed by atoms with Crippen molar-refractivity contribution in [2.24, 2.45) is 5.73 Å². The Morgan fingerprint density at radius 2 is 0.772 bits per heavy atom. The fraction of sp³-hybridized carbons (Fsp3) is 0.588. The van der Waals surface area contributed by atoms with Gasteiger partial charge in [0, 0.05) is 89.8 Å². The highest BCUT2D eigenvalue weighted by molar-refractivity contribution is 9.12. The molecule has 770 valence electrons. The number of aliphatic carboxylic acids is 1. The summed E-state index contributed by atoms with van der Waals surface area (Å²) in [5.74, 6) is -0.866. The van der Waals surface area contributed by atoms with E-state index in [1.165, 1.54) is 118 Å². The Hall–Kier alpha value is -10.7. The number of nitrogens with two attached hydrogens (primary N) is 3. The molecule has 0 bridgehead atoms. The number of nitrogens with one attached hydrogen (secondary N) is 4. The van der Waals surface area contributed by atoms with Gasteiger partial charge in [0.1, 0.15) is 42.5 Å². The second-order valence-corrected chi connectivity index (χ2v) is 29.7. The number of rotatable bonds is 38. The first-order valence-electron chi connectivity index (χ1n) is 41.1. The maximum Gasteiger partial charge on any atom is 0.490 e. The second-order valence-electron chi connectivity index (χ2n) is 28.6. The van der Waals surface area contributed by atoms with E-state index in [4.69, 9.17) is 97.2 Å². The third kappa shape index (κ3) is 49.8. The molecule has 0 atom stereocenters. The maximum atomic E-state index is 13.3. The normalized spacial score (nSPS) is 13.7. The first-order valence-corrected chi connectivity index (χ1v) is 43.0. The summed E-state index contributed by atoms with van der Waals surface area (Å²) in [5, 5.41) is 56.6. The number of carbonyl (C=O) groups is 1. The van der Waals surface area contributed by atoms with Crippen LogP contribution in [0, 0.1) is 46.4 Å². The van der Waals surface area contributed by atoms with Gasteiger partial charge in [0.2, 0.25) is 11.8 Å². The Bertz CT molecular complexity index is 4580. The average molecular weight is 2090 g/mol. The number of aromatic nitrogens is 2. The van der Waals surface area contributed by atoms with Gasteiger partial charge in [-0.15, -0.1) is 23.2 Å². The number of nitrogens with zero attached hydrogens (tertiary/aromatic N) is 9. The number of carboxylic acid groups (broad SMARTS) is 1. The number of fused-ring (bicyclic) bond motifs is 1.